The molecule has 1 heterocycles. The van der Waals surface area contributed by atoms with Crippen LogP contribution in [0.4, 0.5) is 0 Å². The molecule has 1 fully saturated rings. The molecule has 4 N–H and O–H groups in total. The molecule has 0 aromatic carbocycles. The molecule has 0 spiro atoms. The molecule has 1 aliphatic heterocycles. The van der Waals surface area contributed by atoms with Gasteiger partial charge in [0.2, 0.25) is 0 Å². The summed E-state index contributed by atoms with van der Waals surface area (Å²) in [5.74, 6) is -0.313. The molecule has 0 aromatic rings. The fourth-order valence-corrected chi connectivity index (χ4v) is 7.78. The zero-order valence-corrected chi connectivity index (χ0v) is 37.8. The zero-order chi connectivity index (χ0) is 42.2. The number of ether oxygens (including phenoxy) is 4. The molecule has 6 unspecified atom stereocenters. The van der Waals surface area contributed by atoms with Crippen LogP contribution in [0.5, 0.6) is 0 Å². The molecule has 0 radical (unpaired) electrons. The Hall–Kier alpha value is -1.07. The average Bonchev–Trinajstić information content (AvgIpc) is 3.22. The van der Waals surface area contributed by atoms with E-state index in [0.717, 1.165) is 32.1 Å². The first-order chi connectivity index (χ1) is 28.4. The van der Waals surface area contributed by atoms with E-state index >= 15 is 0 Å². The summed E-state index contributed by atoms with van der Waals surface area (Å²) in [6.45, 7) is 4.60. The summed E-state index contributed by atoms with van der Waals surface area (Å²) < 4.78 is 22.9. The molecular weight excluding hydrogens is 733 g/mol. The Bertz CT molecular complexity index is 899. The topological polar surface area (TPSA) is 135 Å². The van der Waals surface area contributed by atoms with Gasteiger partial charge in [0.25, 0.3) is 0 Å². The highest BCUT2D eigenvalue weighted by atomic mass is 16.7. The van der Waals surface area contributed by atoms with E-state index in [4.69, 9.17) is 18.9 Å². The molecule has 0 aromatic heterocycles. The predicted octanol–water partition coefficient (Wildman–Crippen LogP) is 11.6. The lowest BCUT2D eigenvalue weighted by molar-refractivity contribution is -0.305. The van der Waals surface area contributed by atoms with Crippen LogP contribution in [0.25, 0.3) is 0 Å². The first kappa shape index (κ1) is 54.9. The number of hydrogen-bond donors (Lipinski definition) is 4. The lowest BCUT2D eigenvalue weighted by atomic mass is 9.99. The van der Waals surface area contributed by atoms with E-state index in [1.807, 2.05) is 0 Å². The first-order valence-electron chi connectivity index (χ1n) is 24.8. The quantitative estimate of drug-likeness (QED) is 0.0269. The number of hydrogen-bond acceptors (Lipinski definition) is 9. The van der Waals surface area contributed by atoms with E-state index in [0.29, 0.717) is 13.0 Å². The molecule has 1 aliphatic rings. The molecule has 9 nitrogen and oxygen atoms in total. The molecule has 1 rings (SSSR count). The minimum absolute atomic E-state index is 0.109. The van der Waals surface area contributed by atoms with Crippen LogP contribution in [0, 0.1) is 0 Å². The summed E-state index contributed by atoms with van der Waals surface area (Å²) in [4.78, 5) is 12.8. The van der Waals surface area contributed by atoms with Crippen LogP contribution in [-0.2, 0) is 23.7 Å². The Morgan fingerprint density at radius 2 is 0.948 bits per heavy atom. The van der Waals surface area contributed by atoms with Crippen molar-refractivity contribution in [1.29, 1.82) is 0 Å². The molecule has 6 atom stereocenters. The second-order valence-electron chi connectivity index (χ2n) is 17.3. The van der Waals surface area contributed by atoms with Crippen LogP contribution < -0.4 is 0 Å². The summed E-state index contributed by atoms with van der Waals surface area (Å²) in [6, 6.07) is 0. The van der Waals surface area contributed by atoms with Gasteiger partial charge < -0.3 is 39.4 Å². The van der Waals surface area contributed by atoms with E-state index < -0.39 is 43.4 Å². The van der Waals surface area contributed by atoms with Crippen molar-refractivity contribution in [3.63, 3.8) is 0 Å². The maximum atomic E-state index is 12.8. The van der Waals surface area contributed by atoms with Gasteiger partial charge >= 0.3 is 5.97 Å². The first-order valence-corrected chi connectivity index (χ1v) is 24.8. The highest BCUT2D eigenvalue weighted by molar-refractivity contribution is 5.69. The number of aliphatic hydroxyl groups is 4. The Kier molecular flexibility index (Phi) is 39.1. The van der Waals surface area contributed by atoms with E-state index in [-0.39, 0.29) is 19.2 Å². The highest BCUT2D eigenvalue weighted by Crippen LogP contribution is 2.23. The van der Waals surface area contributed by atoms with E-state index in [2.05, 4.69) is 26.0 Å². The van der Waals surface area contributed by atoms with Crippen LogP contribution in [0.3, 0.4) is 0 Å². The molecule has 0 amide bonds. The standard InChI is InChI=1S/C49H94O9/c1-3-5-7-9-11-13-15-17-19-21-23-25-27-29-31-33-35-37-39-55-41-43(42-56-49-48(54)47(53)46(52)44(40-50)58-49)57-45(51)38-36-34-32-30-28-26-24-22-20-18-16-14-12-10-8-6-4-2/h18,20,43-44,46-50,52-54H,3-17,19,21-42H2,1-2H3/b20-18-. The van der Waals surface area contributed by atoms with Gasteiger partial charge in [0.1, 0.15) is 30.5 Å². The van der Waals surface area contributed by atoms with Gasteiger partial charge in [-0.15, -0.1) is 0 Å². The smallest absolute Gasteiger partial charge is 0.306 e. The zero-order valence-electron chi connectivity index (χ0n) is 37.8. The molecule has 0 aliphatic carbocycles. The molecule has 344 valence electrons. The minimum Gasteiger partial charge on any atom is -0.457 e. The van der Waals surface area contributed by atoms with Crippen molar-refractivity contribution in [3.8, 4) is 0 Å². The maximum absolute atomic E-state index is 12.8. The fourth-order valence-electron chi connectivity index (χ4n) is 7.78. The predicted molar refractivity (Wildman–Crippen MR) is 238 cm³/mol. The van der Waals surface area contributed by atoms with Gasteiger partial charge in [0, 0.05) is 13.0 Å². The third-order valence-electron chi connectivity index (χ3n) is 11.7. The third kappa shape index (κ3) is 31.8. The van der Waals surface area contributed by atoms with Crippen LogP contribution in [0.2, 0.25) is 0 Å². The summed E-state index contributed by atoms with van der Waals surface area (Å²) in [7, 11) is 0. The largest absolute Gasteiger partial charge is 0.457 e. The van der Waals surface area contributed by atoms with Crippen molar-refractivity contribution in [2.45, 2.75) is 269 Å². The van der Waals surface area contributed by atoms with Crippen LogP contribution in [0.15, 0.2) is 12.2 Å². The third-order valence-corrected chi connectivity index (χ3v) is 11.7. The van der Waals surface area contributed by atoms with E-state index in [9.17, 15) is 25.2 Å². The van der Waals surface area contributed by atoms with Crippen molar-refractivity contribution in [2.24, 2.45) is 0 Å². The summed E-state index contributed by atoms with van der Waals surface area (Å²) in [5, 5.41) is 40.2. The Labute approximate surface area is 356 Å². The van der Waals surface area contributed by atoms with Crippen molar-refractivity contribution < 1.29 is 44.2 Å². The summed E-state index contributed by atoms with van der Waals surface area (Å²) in [5.41, 5.74) is 0. The van der Waals surface area contributed by atoms with Gasteiger partial charge in [-0.05, 0) is 38.5 Å². The van der Waals surface area contributed by atoms with Gasteiger partial charge in [-0.3, -0.25) is 4.79 Å². The number of carbonyl (C=O) groups excluding carboxylic acids is 1. The molecular formula is C49H94O9. The van der Waals surface area contributed by atoms with Gasteiger partial charge in [0.15, 0.2) is 6.29 Å². The van der Waals surface area contributed by atoms with Crippen molar-refractivity contribution >= 4 is 5.97 Å². The molecule has 1 saturated heterocycles. The number of allylic oxidation sites excluding steroid dienone is 2. The number of unbranched alkanes of at least 4 members (excludes halogenated alkanes) is 30. The fraction of sp³-hybridized carbons (Fsp3) is 0.939. The van der Waals surface area contributed by atoms with Gasteiger partial charge in [-0.1, -0.05) is 199 Å². The number of esters is 1. The van der Waals surface area contributed by atoms with Crippen LogP contribution >= 0.6 is 0 Å². The molecule has 0 saturated carbocycles. The van der Waals surface area contributed by atoms with Crippen molar-refractivity contribution in [2.75, 3.05) is 26.4 Å². The van der Waals surface area contributed by atoms with Gasteiger partial charge in [-0.25, -0.2) is 0 Å². The summed E-state index contributed by atoms with van der Waals surface area (Å²) >= 11 is 0. The monoisotopic (exact) mass is 827 g/mol. The van der Waals surface area contributed by atoms with Gasteiger partial charge in [0.05, 0.1) is 19.8 Å². The Morgan fingerprint density at radius 1 is 0.534 bits per heavy atom. The Balaban J connectivity index is 2.21. The number of aliphatic hydroxyl groups excluding tert-OH is 4. The minimum atomic E-state index is -1.53. The lowest BCUT2D eigenvalue weighted by Crippen LogP contribution is -2.59. The van der Waals surface area contributed by atoms with E-state index in [1.165, 1.54) is 180 Å². The number of rotatable bonds is 43. The SMILES string of the molecule is CCCCCCCC/C=C\CCCCCCCCCC(=O)OC(COCCCCCCCCCCCCCCCCCCCC)COC1OC(CO)C(O)C(O)C1O. The summed E-state index contributed by atoms with van der Waals surface area (Å²) in [6.07, 6.45) is 39.5. The second kappa shape index (κ2) is 41.3. The van der Waals surface area contributed by atoms with Gasteiger partial charge in [-0.2, -0.15) is 0 Å². The average molecular weight is 827 g/mol. The molecule has 9 heteroatoms. The van der Waals surface area contributed by atoms with Crippen LogP contribution in [-0.4, -0.2) is 89.6 Å². The number of carbonyl (C=O) groups is 1. The molecule has 0 bridgehead atoms. The highest BCUT2D eigenvalue weighted by Gasteiger charge is 2.44. The van der Waals surface area contributed by atoms with Crippen molar-refractivity contribution in [1.82, 2.24) is 0 Å². The Morgan fingerprint density at radius 3 is 1.40 bits per heavy atom. The van der Waals surface area contributed by atoms with Crippen LogP contribution in [0.1, 0.15) is 232 Å². The van der Waals surface area contributed by atoms with Crippen molar-refractivity contribution in [3.05, 3.63) is 12.2 Å². The normalized spacial score (nSPS) is 20.3. The van der Waals surface area contributed by atoms with E-state index in [1.54, 1.807) is 0 Å². The molecule has 58 heavy (non-hydrogen) atoms. The maximum Gasteiger partial charge on any atom is 0.306 e. The lowest BCUT2D eigenvalue weighted by Gasteiger charge is -2.39. The second-order valence-corrected chi connectivity index (χ2v) is 17.3.